The fourth-order valence-corrected chi connectivity index (χ4v) is 3.16. The predicted molar refractivity (Wildman–Crippen MR) is 98.5 cm³/mol. The lowest BCUT2D eigenvalue weighted by Crippen LogP contribution is -2.34. The van der Waals surface area contributed by atoms with Gasteiger partial charge in [-0.2, -0.15) is 10.4 Å². The van der Waals surface area contributed by atoms with Gasteiger partial charge < -0.3 is 15.2 Å². The Labute approximate surface area is 158 Å². The largest absolute Gasteiger partial charge is 0.461 e. The summed E-state index contributed by atoms with van der Waals surface area (Å²) in [5, 5.41) is 13.9. The van der Waals surface area contributed by atoms with E-state index in [-0.39, 0.29) is 24.1 Å². The van der Waals surface area contributed by atoms with Crippen molar-refractivity contribution in [1.29, 1.82) is 5.26 Å². The van der Waals surface area contributed by atoms with E-state index in [1.165, 1.54) is 6.33 Å². The van der Waals surface area contributed by atoms with Crippen molar-refractivity contribution in [3.8, 4) is 6.07 Å². The van der Waals surface area contributed by atoms with Gasteiger partial charge in [-0.3, -0.25) is 4.79 Å². The molecular weight excluding hydrogens is 346 g/mol. The van der Waals surface area contributed by atoms with Crippen LogP contribution in [0, 0.1) is 16.7 Å². The zero-order valence-electron chi connectivity index (χ0n) is 15.9. The second-order valence-corrected chi connectivity index (χ2v) is 7.81. The van der Waals surface area contributed by atoms with Crippen molar-refractivity contribution >= 4 is 17.3 Å². The Morgan fingerprint density at radius 2 is 2.33 bits per heavy atom. The summed E-state index contributed by atoms with van der Waals surface area (Å²) >= 11 is 0. The van der Waals surface area contributed by atoms with Crippen LogP contribution in [-0.4, -0.2) is 32.8 Å². The van der Waals surface area contributed by atoms with Gasteiger partial charge in [0.05, 0.1) is 12.1 Å². The molecule has 27 heavy (non-hydrogen) atoms. The van der Waals surface area contributed by atoms with Crippen LogP contribution in [0.1, 0.15) is 58.3 Å². The Hall–Kier alpha value is -2.66. The van der Waals surface area contributed by atoms with Crippen LogP contribution in [0.25, 0.3) is 5.52 Å². The van der Waals surface area contributed by atoms with E-state index >= 15 is 0 Å². The highest BCUT2D eigenvalue weighted by Crippen LogP contribution is 2.40. The van der Waals surface area contributed by atoms with Crippen LogP contribution in [0.15, 0.2) is 18.5 Å². The monoisotopic (exact) mass is 371 g/mol. The first kappa shape index (κ1) is 19.1. The molecule has 8 nitrogen and oxygen atoms in total. The molecule has 1 unspecified atom stereocenters. The number of hydrogen-bond donors (Lipinski definition) is 1. The summed E-state index contributed by atoms with van der Waals surface area (Å²) in [6, 6.07) is 5.89. The van der Waals surface area contributed by atoms with Crippen LogP contribution in [0.5, 0.6) is 0 Å². The van der Waals surface area contributed by atoms with E-state index in [0.29, 0.717) is 30.6 Å². The van der Waals surface area contributed by atoms with Gasteiger partial charge in [-0.05, 0) is 30.4 Å². The minimum Gasteiger partial charge on any atom is -0.461 e. The normalized spacial score (nSPS) is 22.7. The van der Waals surface area contributed by atoms with Crippen molar-refractivity contribution in [2.45, 2.75) is 58.2 Å². The first-order valence-corrected chi connectivity index (χ1v) is 9.12. The average molecular weight is 371 g/mol. The summed E-state index contributed by atoms with van der Waals surface area (Å²) in [5.41, 5.74) is 6.10. The maximum absolute atomic E-state index is 12.1. The number of rotatable bonds is 6. The second-order valence-electron chi connectivity index (χ2n) is 7.81. The van der Waals surface area contributed by atoms with Crippen LogP contribution < -0.4 is 5.73 Å². The van der Waals surface area contributed by atoms with Crippen molar-refractivity contribution in [3.63, 3.8) is 0 Å². The zero-order chi connectivity index (χ0) is 19.7. The van der Waals surface area contributed by atoms with Crippen LogP contribution in [0.4, 0.5) is 5.82 Å². The van der Waals surface area contributed by atoms with E-state index in [9.17, 15) is 10.1 Å². The lowest BCUT2D eigenvalue weighted by atomic mass is 9.87. The molecule has 3 rings (SSSR count). The molecular formula is C19H25N5O3. The number of nitrogen functional groups attached to an aromatic ring is 1. The Morgan fingerprint density at radius 3 is 3.04 bits per heavy atom. The lowest BCUT2D eigenvalue weighted by Gasteiger charge is -2.24. The van der Waals surface area contributed by atoms with E-state index < -0.39 is 5.60 Å². The average Bonchev–Trinajstić information content (AvgIpc) is 3.25. The molecule has 0 spiro atoms. The number of ether oxygens (including phenoxy) is 2. The van der Waals surface area contributed by atoms with Crippen molar-refractivity contribution in [3.05, 3.63) is 24.2 Å². The molecule has 1 aliphatic rings. The van der Waals surface area contributed by atoms with E-state index in [4.69, 9.17) is 15.2 Å². The fraction of sp³-hybridized carbons (Fsp3) is 0.579. The van der Waals surface area contributed by atoms with E-state index in [0.717, 1.165) is 12.1 Å². The third-order valence-corrected chi connectivity index (χ3v) is 5.27. The van der Waals surface area contributed by atoms with E-state index in [1.807, 2.05) is 32.9 Å². The van der Waals surface area contributed by atoms with Crippen molar-refractivity contribution < 1.29 is 14.3 Å². The van der Waals surface area contributed by atoms with Crippen LogP contribution in [0.3, 0.4) is 0 Å². The summed E-state index contributed by atoms with van der Waals surface area (Å²) in [5.74, 6) is 0.0745. The number of nitriles is 1. The molecule has 0 radical (unpaired) electrons. The van der Waals surface area contributed by atoms with Gasteiger partial charge in [0.25, 0.3) is 0 Å². The molecule has 8 heteroatoms. The Bertz CT molecular complexity index is 885. The van der Waals surface area contributed by atoms with Crippen LogP contribution in [-0.2, 0) is 14.3 Å². The molecule has 144 valence electrons. The molecule has 2 N–H and O–H groups in total. The number of nitrogens with two attached hydrogens (primary N) is 1. The van der Waals surface area contributed by atoms with Gasteiger partial charge in [0, 0.05) is 0 Å². The third kappa shape index (κ3) is 3.88. The molecule has 2 aromatic heterocycles. The zero-order valence-corrected chi connectivity index (χ0v) is 15.9. The van der Waals surface area contributed by atoms with Gasteiger partial charge >= 0.3 is 5.97 Å². The number of esters is 1. The summed E-state index contributed by atoms with van der Waals surface area (Å²) in [6.45, 7) is 6.00. The van der Waals surface area contributed by atoms with Crippen molar-refractivity contribution in [2.24, 2.45) is 5.41 Å². The smallest absolute Gasteiger partial charge is 0.306 e. The van der Waals surface area contributed by atoms with Crippen LogP contribution in [0.2, 0.25) is 0 Å². The Morgan fingerprint density at radius 1 is 1.56 bits per heavy atom. The van der Waals surface area contributed by atoms with Gasteiger partial charge in [-0.15, -0.1) is 0 Å². The summed E-state index contributed by atoms with van der Waals surface area (Å²) in [7, 11) is 0. The highest BCUT2D eigenvalue weighted by atomic mass is 16.6. The highest BCUT2D eigenvalue weighted by Gasteiger charge is 2.43. The number of carbonyl (C=O) groups is 1. The molecule has 1 saturated heterocycles. The highest BCUT2D eigenvalue weighted by molar-refractivity contribution is 5.70. The molecule has 0 amide bonds. The number of aromatic nitrogens is 3. The maximum Gasteiger partial charge on any atom is 0.306 e. The predicted octanol–water partition coefficient (Wildman–Crippen LogP) is 2.79. The molecule has 2 aromatic rings. The number of fused-ring (bicyclic) bond motifs is 1. The SMILES string of the molecule is CCC(C)(C)CC(=O)OC[C@]1(C#N)CCC(c2ccc3c(N)ncnn23)O1. The van der Waals surface area contributed by atoms with Crippen molar-refractivity contribution in [1.82, 2.24) is 14.6 Å². The fourth-order valence-electron chi connectivity index (χ4n) is 3.16. The minimum atomic E-state index is -1.14. The summed E-state index contributed by atoms with van der Waals surface area (Å²) < 4.78 is 13.1. The Kier molecular flexibility index (Phi) is 5.07. The number of hydrogen-bond acceptors (Lipinski definition) is 7. The molecule has 1 fully saturated rings. The Balaban J connectivity index is 1.69. The van der Waals surface area contributed by atoms with Gasteiger partial charge in [-0.25, -0.2) is 9.50 Å². The molecule has 3 heterocycles. The molecule has 2 atom stereocenters. The van der Waals surface area contributed by atoms with Gasteiger partial charge in [0.2, 0.25) is 0 Å². The first-order valence-electron chi connectivity index (χ1n) is 9.12. The minimum absolute atomic E-state index is 0.0704. The molecule has 1 aliphatic heterocycles. The summed E-state index contributed by atoms with van der Waals surface area (Å²) in [6.07, 6.45) is 3.35. The van der Waals surface area contributed by atoms with Crippen LogP contribution >= 0.6 is 0 Å². The molecule has 0 aromatic carbocycles. The second kappa shape index (κ2) is 7.16. The number of carbonyl (C=O) groups excluding carboxylic acids is 1. The number of anilines is 1. The first-order chi connectivity index (χ1) is 12.8. The van der Waals surface area contributed by atoms with Gasteiger partial charge in [0.15, 0.2) is 11.4 Å². The molecule has 0 saturated carbocycles. The summed E-state index contributed by atoms with van der Waals surface area (Å²) in [4.78, 5) is 16.1. The standard InChI is InChI=1S/C19H25N5O3/c1-4-18(2,3)9-16(25)26-11-19(10-20)8-7-15(27-19)13-5-6-14-17(21)22-12-23-24(13)14/h5-6,12,15H,4,7-9,11H2,1-3H3,(H2,21,22,23)/t15?,19-/m1/s1. The topological polar surface area (TPSA) is 116 Å². The van der Waals surface area contributed by atoms with E-state index in [2.05, 4.69) is 16.2 Å². The molecule has 0 bridgehead atoms. The van der Waals surface area contributed by atoms with Gasteiger partial charge in [-0.1, -0.05) is 27.2 Å². The van der Waals surface area contributed by atoms with Gasteiger partial charge in [0.1, 0.15) is 30.6 Å². The lowest BCUT2D eigenvalue weighted by molar-refractivity contribution is -0.153. The molecule has 0 aliphatic carbocycles. The van der Waals surface area contributed by atoms with E-state index in [1.54, 1.807) is 4.52 Å². The maximum atomic E-state index is 12.1. The van der Waals surface area contributed by atoms with Crippen molar-refractivity contribution in [2.75, 3.05) is 12.3 Å². The number of nitrogens with zero attached hydrogens (tertiary/aromatic N) is 4. The quantitative estimate of drug-likeness (QED) is 0.776. The third-order valence-electron chi connectivity index (χ3n) is 5.27.